The molecule has 5 heteroatoms. The number of hydrogen-bond acceptors (Lipinski definition) is 3. The molecule has 0 spiro atoms. The fourth-order valence-corrected chi connectivity index (χ4v) is 2.12. The molecule has 1 atom stereocenters. The molecule has 0 saturated carbocycles. The minimum absolute atomic E-state index is 0.186. The lowest BCUT2D eigenvalue weighted by Crippen LogP contribution is -2.39. The van der Waals surface area contributed by atoms with Crippen LogP contribution in [0.25, 0.3) is 0 Å². The lowest BCUT2D eigenvalue weighted by molar-refractivity contribution is -0.117. The number of carbonyl (C=O) groups is 1. The predicted octanol–water partition coefficient (Wildman–Crippen LogP) is 1.06. The van der Waals surface area contributed by atoms with E-state index >= 15 is 0 Å². The Bertz CT molecular complexity index is 418. The molecule has 1 aromatic rings. The van der Waals surface area contributed by atoms with Gasteiger partial charge in [-0.3, -0.25) is 9.69 Å². The molecular weight excluding hydrogens is 233 g/mol. The van der Waals surface area contributed by atoms with E-state index in [2.05, 4.69) is 10.6 Å². The van der Waals surface area contributed by atoms with E-state index in [-0.39, 0.29) is 18.1 Å². The molecule has 98 valence electrons. The van der Waals surface area contributed by atoms with Crippen LogP contribution in [0.3, 0.4) is 0 Å². The molecule has 1 aliphatic heterocycles. The Morgan fingerprint density at radius 3 is 3.00 bits per heavy atom. The molecule has 0 aliphatic carbocycles. The SMILES string of the molecule is CN(CC(=O)Nc1ccccc1F)C1CCNC1. The third-order valence-corrected chi connectivity index (χ3v) is 3.20. The summed E-state index contributed by atoms with van der Waals surface area (Å²) in [5.74, 6) is -0.592. The van der Waals surface area contributed by atoms with Crippen LogP contribution in [0.5, 0.6) is 0 Å². The Kier molecular flexibility index (Phi) is 4.28. The van der Waals surface area contributed by atoms with Gasteiger partial charge in [0.2, 0.25) is 5.91 Å². The second-order valence-electron chi connectivity index (χ2n) is 4.59. The van der Waals surface area contributed by atoms with Gasteiger partial charge in [0.05, 0.1) is 12.2 Å². The van der Waals surface area contributed by atoms with Crippen LogP contribution >= 0.6 is 0 Å². The minimum Gasteiger partial charge on any atom is -0.322 e. The van der Waals surface area contributed by atoms with Crippen molar-refractivity contribution in [3.8, 4) is 0 Å². The number of nitrogens with one attached hydrogen (secondary N) is 2. The van der Waals surface area contributed by atoms with Crippen LogP contribution in [0, 0.1) is 5.82 Å². The van der Waals surface area contributed by atoms with E-state index in [1.165, 1.54) is 6.07 Å². The van der Waals surface area contributed by atoms with Gasteiger partial charge >= 0.3 is 0 Å². The molecule has 1 aliphatic rings. The van der Waals surface area contributed by atoms with E-state index in [1.54, 1.807) is 18.2 Å². The van der Waals surface area contributed by atoms with E-state index in [0.29, 0.717) is 6.04 Å². The highest BCUT2D eigenvalue weighted by Gasteiger charge is 2.21. The highest BCUT2D eigenvalue weighted by molar-refractivity contribution is 5.92. The predicted molar refractivity (Wildman–Crippen MR) is 68.9 cm³/mol. The van der Waals surface area contributed by atoms with Crippen LogP contribution in [0.1, 0.15) is 6.42 Å². The van der Waals surface area contributed by atoms with Gasteiger partial charge in [0, 0.05) is 12.6 Å². The molecule has 4 nitrogen and oxygen atoms in total. The summed E-state index contributed by atoms with van der Waals surface area (Å²) in [4.78, 5) is 13.8. The van der Waals surface area contributed by atoms with Gasteiger partial charge in [0.25, 0.3) is 0 Å². The van der Waals surface area contributed by atoms with Gasteiger partial charge in [-0.25, -0.2) is 4.39 Å². The van der Waals surface area contributed by atoms with Crippen molar-refractivity contribution in [1.82, 2.24) is 10.2 Å². The summed E-state index contributed by atoms with van der Waals surface area (Å²) < 4.78 is 13.3. The number of nitrogens with zero attached hydrogens (tertiary/aromatic N) is 1. The van der Waals surface area contributed by atoms with Crippen molar-refractivity contribution in [1.29, 1.82) is 0 Å². The molecule has 18 heavy (non-hydrogen) atoms. The molecule has 0 radical (unpaired) electrons. The molecule has 2 rings (SSSR count). The third kappa shape index (κ3) is 3.27. The van der Waals surface area contributed by atoms with Gasteiger partial charge in [0.15, 0.2) is 0 Å². The summed E-state index contributed by atoms with van der Waals surface area (Å²) in [6.07, 6.45) is 1.05. The Labute approximate surface area is 106 Å². The first-order valence-electron chi connectivity index (χ1n) is 6.12. The zero-order chi connectivity index (χ0) is 13.0. The van der Waals surface area contributed by atoms with E-state index in [4.69, 9.17) is 0 Å². The van der Waals surface area contributed by atoms with E-state index < -0.39 is 5.82 Å². The maximum atomic E-state index is 13.3. The summed E-state index contributed by atoms with van der Waals surface area (Å²) >= 11 is 0. The molecule has 0 aromatic heterocycles. The van der Waals surface area contributed by atoms with Crippen molar-refractivity contribution in [3.05, 3.63) is 30.1 Å². The van der Waals surface area contributed by atoms with Crippen LogP contribution in [-0.2, 0) is 4.79 Å². The quantitative estimate of drug-likeness (QED) is 0.841. The lowest BCUT2D eigenvalue weighted by atomic mass is 10.2. The van der Waals surface area contributed by atoms with Crippen LogP contribution in [0.15, 0.2) is 24.3 Å². The normalized spacial score (nSPS) is 19.2. The van der Waals surface area contributed by atoms with Gasteiger partial charge < -0.3 is 10.6 Å². The number of anilines is 1. The molecule has 1 amide bonds. The van der Waals surface area contributed by atoms with Crippen molar-refractivity contribution >= 4 is 11.6 Å². The summed E-state index contributed by atoms with van der Waals surface area (Å²) in [6.45, 7) is 2.17. The number of para-hydroxylation sites is 1. The number of benzene rings is 1. The van der Waals surface area contributed by atoms with Crippen molar-refractivity contribution in [2.24, 2.45) is 0 Å². The zero-order valence-electron chi connectivity index (χ0n) is 10.4. The second-order valence-corrected chi connectivity index (χ2v) is 4.59. The molecule has 1 heterocycles. The number of carbonyl (C=O) groups excluding carboxylic acids is 1. The second kappa shape index (κ2) is 5.93. The molecular formula is C13H18FN3O. The maximum Gasteiger partial charge on any atom is 0.238 e. The topological polar surface area (TPSA) is 44.4 Å². The number of likely N-dealkylation sites (N-methyl/N-ethyl adjacent to an activating group) is 1. The molecule has 1 saturated heterocycles. The van der Waals surface area contributed by atoms with Gasteiger partial charge in [-0.2, -0.15) is 0 Å². The first-order valence-corrected chi connectivity index (χ1v) is 6.12. The Hall–Kier alpha value is -1.46. The first-order chi connectivity index (χ1) is 8.66. The summed E-state index contributed by atoms with van der Waals surface area (Å²) in [6, 6.07) is 6.58. The highest BCUT2D eigenvalue weighted by atomic mass is 19.1. The fourth-order valence-electron chi connectivity index (χ4n) is 2.12. The van der Waals surface area contributed by atoms with Crippen molar-refractivity contribution in [2.45, 2.75) is 12.5 Å². The van der Waals surface area contributed by atoms with Gasteiger partial charge in [-0.05, 0) is 32.1 Å². The Morgan fingerprint density at radius 2 is 2.33 bits per heavy atom. The van der Waals surface area contributed by atoms with Crippen LogP contribution in [0.4, 0.5) is 10.1 Å². The monoisotopic (exact) mass is 251 g/mol. The molecule has 1 unspecified atom stereocenters. The average molecular weight is 251 g/mol. The molecule has 2 N–H and O–H groups in total. The van der Waals surface area contributed by atoms with Crippen LogP contribution < -0.4 is 10.6 Å². The first kappa shape index (κ1) is 13.0. The molecule has 1 fully saturated rings. The van der Waals surface area contributed by atoms with Crippen LogP contribution in [-0.4, -0.2) is 43.5 Å². The van der Waals surface area contributed by atoms with Crippen molar-refractivity contribution in [3.63, 3.8) is 0 Å². The van der Waals surface area contributed by atoms with E-state index in [9.17, 15) is 9.18 Å². The van der Waals surface area contributed by atoms with Gasteiger partial charge in [-0.1, -0.05) is 12.1 Å². The molecule has 0 bridgehead atoms. The summed E-state index contributed by atoms with van der Waals surface area (Å²) in [5.41, 5.74) is 0.237. The Morgan fingerprint density at radius 1 is 1.56 bits per heavy atom. The van der Waals surface area contributed by atoms with Crippen molar-refractivity contribution < 1.29 is 9.18 Å². The zero-order valence-corrected chi connectivity index (χ0v) is 10.4. The smallest absolute Gasteiger partial charge is 0.238 e. The number of amides is 1. The van der Waals surface area contributed by atoms with Gasteiger partial charge in [-0.15, -0.1) is 0 Å². The number of hydrogen-bond donors (Lipinski definition) is 2. The number of halogens is 1. The largest absolute Gasteiger partial charge is 0.322 e. The van der Waals surface area contributed by atoms with Crippen molar-refractivity contribution in [2.75, 3.05) is 32.0 Å². The summed E-state index contributed by atoms with van der Waals surface area (Å²) in [7, 11) is 1.92. The van der Waals surface area contributed by atoms with Crippen LogP contribution in [0.2, 0.25) is 0 Å². The van der Waals surface area contributed by atoms with E-state index in [0.717, 1.165) is 19.5 Å². The lowest BCUT2D eigenvalue weighted by Gasteiger charge is -2.22. The minimum atomic E-state index is -0.406. The standard InChI is InChI=1S/C13H18FN3O/c1-17(10-6-7-15-8-10)9-13(18)16-12-5-3-2-4-11(12)14/h2-5,10,15H,6-9H2,1H3,(H,16,18). The number of rotatable bonds is 4. The van der Waals surface area contributed by atoms with E-state index in [1.807, 2.05) is 11.9 Å². The average Bonchev–Trinajstić information content (AvgIpc) is 2.85. The Balaban J connectivity index is 1.86. The fraction of sp³-hybridized carbons (Fsp3) is 0.462. The molecule has 1 aromatic carbocycles. The summed E-state index contributed by atoms with van der Waals surface area (Å²) in [5, 5.41) is 5.84. The maximum absolute atomic E-state index is 13.3. The highest BCUT2D eigenvalue weighted by Crippen LogP contribution is 2.12. The van der Waals surface area contributed by atoms with Gasteiger partial charge in [0.1, 0.15) is 5.82 Å². The third-order valence-electron chi connectivity index (χ3n) is 3.20.